The molecule has 1 rings (SSSR count). The smallest absolute Gasteiger partial charge is 0.0919 e. The molecule has 0 aliphatic heterocycles. The topological polar surface area (TPSA) is 0 Å². The summed E-state index contributed by atoms with van der Waals surface area (Å²) < 4.78 is 2.90. The van der Waals surface area contributed by atoms with E-state index in [9.17, 15) is 0 Å². The van der Waals surface area contributed by atoms with E-state index in [1.807, 2.05) is 11.3 Å². The van der Waals surface area contributed by atoms with Gasteiger partial charge in [0, 0.05) is 13.9 Å². The fourth-order valence-electron chi connectivity index (χ4n) is 0.995. The molecule has 0 amide bonds. The lowest BCUT2D eigenvalue weighted by Gasteiger charge is -2.13. The van der Waals surface area contributed by atoms with Crippen LogP contribution in [0.1, 0.15) is 4.88 Å². The van der Waals surface area contributed by atoms with E-state index in [4.69, 9.17) is 0 Å². The Bertz CT molecular complexity index is 260. The van der Waals surface area contributed by atoms with Gasteiger partial charge in [-0.15, -0.1) is 11.3 Å². The Morgan fingerprint density at radius 2 is 1.91 bits per heavy atom. The van der Waals surface area contributed by atoms with Gasteiger partial charge in [-0.05, 0) is 13.0 Å². The number of thiophene rings is 1. The maximum absolute atomic E-state index is 3.60. The van der Waals surface area contributed by atoms with E-state index in [0.29, 0.717) is 0 Å². The second kappa shape index (κ2) is 3.03. The summed E-state index contributed by atoms with van der Waals surface area (Å²) in [5.74, 6) is 0. The standard InChI is InChI=1S/C8H13BrSSi/c1-6-5-7(9)8(10-6)11(2,3)4/h5H,1-4H3. The van der Waals surface area contributed by atoms with Crippen molar-refractivity contribution in [2.24, 2.45) is 0 Å². The van der Waals surface area contributed by atoms with Crippen molar-refractivity contribution in [3.05, 3.63) is 15.4 Å². The lowest BCUT2D eigenvalue weighted by atomic mass is 10.5. The van der Waals surface area contributed by atoms with Gasteiger partial charge in [-0.2, -0.15) is 0 Å². The molecule has 11 heavy (non-hydrogen) atoms. The number of halogens is 1. The molecule has 0 bridgehead atoms. The Morgan fingerprint density at radius 3 is 2.09 bits per heavy atom. The number of aryl methyl sites for hydroxylation is 1. The molecule has 3 heteroatoms. The normalized spacial score (nSPS) is 12.1. The second-order valence-electron chi connectivity index (χ2n) is 3.78. The maximum Gasteiger partial charge on any atom is 0.0919 e. The van der Waals surface area contributed by atoms with Crippen molar-refractivity contribution in [2.75, 3.05) is 0 Å². The minimum atomic E-state index is -1.09. The third kappa shape index (κ3) is 2.17. The zero-order chi connectivity index (χ0) is 8.65. The highest BCUT2D eigenvalue weighted by Crippen LogP contribution is 2.21. The number of hydrogen-bond donors (Lipinski definition) is 0. The summed E-state index contributed by atoms with van der Waals surface area (Å²) in [6, 6.07) is 2.22. The van der Waals surface area contributed by atoms with Gasteiger partial charge in [0.15, 0.2) is 0 Å². The number of hydrogen-bond acceptors (Lipinski definition) is 1. The van der Waals surface area contributed by atoms with E-state index in [-0.39, 0.29) is 0 Å². The molecule has 0 N–H and O–H groups in total. The molecular weight excluding hydrogens is 236 g/mol. The first kappa shape index (κ1) is 9.48. The van der Waals surface area contributed by atoms with Gasteiger partial charge in [0.2, 0.25) is 0 Å². The van der Waals surface area contributed by atoms with Crippen LogP contribution >= 0.6 is 27.3 Å². The van der Waals surface area contributed by atoms with Gasteiger partial charge in [-0.25, -0.2) is 0 Å². The van der Waals surface area contributed by atoms with Gasteiger partial charge >= 0.3 is 0 Å². The van der Waals surface area contributed by atoms with Gasteiger partial charge in [0.05, 0.1) is 8.07 Å². The van der Waals surface area contributed by atoms with Crippen molar-refractivity contribution < 1.29 is 0 Å². The average molecular weight is 249 g/mol. The summed E-state index contributed by atoms with van der Waals surface area (Å²) in [6.07, 6.45) is 0. The zero-order valence-electron chi connectivity index (χ0n) is 7.36. The summed E-state index contributed by atoms with van der Waals surface area (Å²) in [6.45, 7) is 9.30. The lowest BCUT2D eigenvalue weighted by molar-refractivity contribution is 1.62. The van der Waals surface area contributed by atoms with Gasteiger partial charge in [-0.3, -0.25) is 0 Å². The molecular formula is C8H13BrSSi. The van der Waals surface area contributed by atoms with Crippen molar-refractivity contribution in [1.29, 1.82) is 0 Å². The van der Waals surface area contributed by atoms with Gasteiger partial charge < -0.3 is 0 Å². The quantitative estimate of drug-likeness (QED) is 0.669. The third-order valence-electron chi connectivity index (χ3n) is 1.49. The van der Waals surface area contributed by atoms with Crippen LogP contribution in [0.25, 0.3) is 0 Å². The Kier molecular flexibility index (Phi) is 2.62. The van der Waals surface area contributed by atoms with Crippen molar-refractivity contribution in [3.63, 3.8) is 0 Å². The zero-order valence-corrected chi connectivity index (χ0v) is 10.8. The molecule has 1 heterocycles. The van der Waals surface area contributed by atoms with Crippen LogP contribution in [0.4, 0.5) is 0 Å². The van der Waals surface area contributed by atoms with Crippen LogP contribution in [-0.2, 0) is 0 Å². The molecule has 0 aromatic carbocycles. The number of rotatable bonds is 1. The fourth-order valence-corrected chi connectivity index (χ4v) is 6.67. The van der Waals surface area contributed by atoms with Crippen LogP contribution in [0.3, 0.4) is 0 Å². The monoisotopic (exact) mass is 248 g/mol. The average Bonchev–Trinajstić information content (AvgIpc) is 2.08. The van der Waals surface area contributed by atoms with Crippen LogP contribution in [0.2, 0.25) is 19.6 Å². The first-order valence-electron chi connectivity index (χ1n) is 3.67. The van der Waals surface area contributed by atoms with Crippen LogP contribution < -0.4 is 4.50 Å². The van der Waals surface area contributed by atoms with E-state index >= 15 is 0 Å². The first-order chi connectivity index (χ1) is 4.91. The molecule has 62 valence electrons. The molecule has 0 nitrogen and oxygen atoms in total. The molecule has 0 atom stereocenters. The summed E-state index contributed by atoms with van der Waals surface area (Å²) in [7, 11) is -1.09. The van der Waals surface area contributed by atoms with Crippen LogP contribution in [-0.4, -0.2) is 8.07 Å². The maximum atomic E-state index is 3.60. The van der Waals surface area contributed by atoms with E-state index < -0.39 is 8.07 Å². The highest BCUT2D eigenvalue weighted by atomic mass is 79.9. The summed E-state index contributed by atoms with van der Waals surface area (Å²) in [5.41, 5.74) is 0. The first-order valence-corrected chi connectivity index (χ1v) is 8.78. The molecule has 1 aromatic rings. The Labute approximate surface area is 81.8 Å². The second-order valence-corrected chi connectivity index (χ2v) is 11.3. The highest BCUT2D eigenvalue weighted by molar-refractivity contribution is 9.10. The van der Waals surface area contributed by atoms with E-state index in [1.54, 1.807) is 4.50 Å². The molecule has 0 spiro atoms. The van der Waals surface area contributed by atoms with Crippen molar-refractivity contribution in [3.8, 4) is 0 Å². The van der Waals surface area contributed by atoms with Crippen LogP contribution in [0, 0.1) is 6.92 Å². The molecule has 0 aliphatic carbocycles. The molecule has 0 saturated heterocycles. The summed E-state index contributed by atoms with van der Waals surface area (Å²) >= 11 is 5.53. The van der Waals surface area contributed by atoms with Crippen LogP contribution in [0.5, 0.6) is 0 Å². The molecule has 0 unspecified atom stereocenters. The third-order valence-corrected chi connectivity index (χ3v) is 7.38. The van der Waals surface area contributed by atoms with Crippen LogP contribution in [0.15, 0.2) is 10.5 Å². The summed E-state index contributed by atoms with van der Waals surface area (Å²) in [4.78, 5) is 1.41. The minimum absolute atomic E-state index is 1.09. The Morgan fingerprint density at radius 1 is 1.36 bits per heavy atom. The predicted octanol–water partition coefficient (Wildman–Crippen LogP) is 3.36. The fraction of sp³-hybridized carbons (Fsp3) is 0.500. The largest absolute Gasteiger partial charge is 0.149 e. The molecule has 0 radical (unpaired) electrons. The van der Waals surface area contributed by atoms with E-state index in [0.717, 1.165) is 0 Å². The van der Waals surface area contributed by atoms with E-state index in [2.05, 4.69) is 48.6 Å². The Balaban J connectivity index is 3.13. The van der Waals surface area contributed by atoms with Crippen molar-refractivity contribution in [2.45, 2.75) is 26.6 Å². The Hall–Kier alpha value is 0.397. The molecule has 0 aliphatic rings. The predicted molar refractivity (Wildman–Crippen MR) is 59.7 cm³/mol. The summed E-state index contributed by atoms with van der Waals surface area (Å²) in [5, 5.41) is 0. The van der Waals surface area contributed by atoms with Crippen molar-refractivity contribution >= 4 is 39.8 Å². The molecule has 0 saturated carbocycles. The van der Waals surface area contributed by atoms with Gasteiger partial charge in [0.25, 0.3) is 0 Å². The lowest BCUT2D eigenvalue weighted by Crippen LogP contribution is -2.35. The highest BCUT2D eigenvalue weighted by Gasteiger charge is 2.21. The minimum Gasteiger partial charge on any atom is -0.149 e. The molecule has 1 aromatic heterocycles. The van der Waals surface area contributed by atoms with Gasteiger partial charge in [-0.1, -0.05) is 35.6 Å². The van der Waals surface area contributed by atoms with Gasteiger partial charge in [0.1, 0.15) is 0 Å². The SMILES string of the molecule is Cc1cc(Br)c([Si](C)(C)C)s1. The molecule has 0 fully saturated rings. The van der Waals surface area contributed by atoms with E-state index in [1.165, 1.54) is 9.35 Å². The van der Waals surface area contributed by atoms with Crippen molar-refractivity contribution in [1.82, 2.24) is 0 Å².